The summed E-state index contributed by atoms with van der Waals surface area (Å²) in [5.41, 5.74) is 2.11. The molecule has 1 aromatic carbocycles. The van der Waals surface area contributed by atoms with Gasteiger partial charge in [-0.1, -0.05) is 0 Å². The Labute approximate surface area is 187 Å². The Morgan fingerprint density at radius 1 is 1.16 bits per heavy atom. The van der Waals surface area contributed by atoms with Crippen LogP contribution in [0.15, 0.2) is 29.1 Å². The zero-order chi connectivity index (χ0) is 21.4. The van der Waals surface area contributed by atoms with E-state index in [1.165, 1.54) is 34.3 Å². The van der Waals surface area contributed by atoms with Crippen molar-refractivity contribution in [1.29, 1.82) is 0 Å². The number of halogens is 1. The molecule has 0 bridgehead atoms. The van der Waals surface area contributed by atoms with Gasteiger partial charge in [-0.3, -0.25) is 9.59 Å². The Bertz CT molecular complexity index is 1170. The molecular weight excluding hydrogens is 435 g/mol. The second-order valence-corrected chi connectivity index (χ2v) is 9.96. The van der Waals surface area contributed by atoms with E-state index in [2.05, 4.69) is 14.9 Å². The van der Waals surface area contributed by atoms with Crippen molar-refractivity contribution in [2.75, 3.05) is 36.8 Å². The van der Waals surface area contributed by atoms with E-state index in [1.54, 1.807) is 23.5 Å². The third-order valence-corrected chi connectivity index (χ3v) is 8.03. The van der Waals surface area contributed by atoms with E-state index < -0.39 is 0 Å². The molecule has 0 saturated carbocycles. The van der Waals surface area contributed by atoms with Crippen molar-refractivity contribution >= 4 is 44.9 Å². The van der Waals surface area contributed by atoms with Crippen molar-refractivity contribution in [1.82, 2.24) is 14.9 Å². The maximum atomic E-state index is 13.1. The predicted molar refractivity (Wildman–Crippen MR) is 124 cm³/mol. The minimum absolute atomic E-state index is 0.0526. The number of rotatable bonds is 5. The Hall–Kier alpha value is -2.39. The second-order valence-electron chi connectivity index (χ2n) is 7.89. The highest BCUT2D eigenvalue weighted by molar-refractivity contribution is 7.99. The van der Waals surface area contributed by atoms with Crippen LogP contribution in [0.1, 0.15) is 22.7 Å². The van der Waals surface area contributed by atoms with Crippen LogP contribution < -0.4 is 10.5 Å². The Morgan fingerprint density at radius 2 is 1.94 bits per heavy atom. The lowest BCUT2D eigenvalue weighted by Gasteiger charge is -2.36. The summed E-state index contributed by atoms with van der Waals surface area (Å²) < 4.78 is 13.1. The van der Waals surface area contributed by atoms with E-state index in [4.69, 9.17) is 0 Å². The lowest BCUT2D eigenvalue weighted by molar-refractivity contribution is -0.128. The highest BCUT2D eigenvalue weighted by Gasteiger charge is 2.23. The Morgan fingerprint density at radius 3 is 2.71 bits per heavy atom. The number of piperazine rings is 1. The van der Waals surface area contributed by atoms with Crippen LogP contribution in [-0.2, 0) is 23.4 Å². The largest absolute Gasteiger partial charge is 0.368 e. The summed E-state index contributed by atoms with van der Waals surface area (Å²) in [6.45, 7) is 2.77. The van der Waals surface area contributed by atoms with Crippen molar-refractivity contribution in [2.24, 2.45) is 0 Å². The molecule has 1 saturated heterocycles. The van der Waals surface area contributed by atoms with Gasteiger partial charge in [0.05, 0.1) is 16.9 Å². The molecule has 3 heterocycles. The fourth-order valence-corrected chi connectivity index (χ4v) is 6.38. The topological polar surface area (TPSA) is 69.3 Å². The summed E-state index contributed by atoms with van der Waals surface area (Å²) >= 11 is 3.12. The fourth-order valence-electron chi connectivity index (χ4n) is 4.31. The van der Waals surface area contributed by atoms with Crippen LogP contribution in [0.25, 0.3) is 10.2 Å². The van der Waals surface area contributed by atoms with Crippen LogP contribution in [0.3, 0.4) is 0 Å². The molecule has 162 valence electrons. The fraction of sp³-hybridized carbons (Fsp3) is 0.409. The van der Waals surface area contributed by atoms with Gasteiger partial charge in [0.15, 0.2) is 0 Å². The van der Waals surface area contributed by atoms with Gasteiger partial charge >= 0.3 is 0 Å². The van der Waals surface area contributed by atoms with Crippen molar-refractivity contribution in [3.63, 3.8) is 0 Å². The van der Waals surface area contributed by atoms with Crippen LogP contribution in [-0.4, -0.2) is 52.7 Å². The number of benzene rings is 1. The molecule has 1 aliphatic heterocycles. The molecule has 2 aliphatic rings. The maximum Gasteiger partial charge on any atom is 0.259 e. The van der Waals surface area contributed by atoms with Crippen LogP contribution >= 0.6 is 23.1 Å². The molecule has 3 aromatic rings. The molecule has 1 aliphatic carbocycles. The predicted octanol–water partition coefficient (Wildman–Crippen LogP) is 3.19. The van der Waals surface area contributed by atoms with Crippen molar-refractivity contribution < 1.29 is 9.18 Å². The Balaban J connectivity index is 1.14. The number of hydrogen-bond acceptors (Lipinski definition) is 6. The number of carbonyl (C=O) groups is 1. The molecule has 6 nitrogen and oxygen atoms in total. The van der Waals surface area contributed by atoms with Gasteiger partial charge in [-0.15, -0.1) is 23.1 Å². The number of aryl methyl sites for hydroxylation is 2. The molecule has 1 fully saturated rings. The number of anilines is 1. The summed E-state index contributed by atoms with van der Waals surface area (Å²) in [5, 5.41) is 0.765. The van der Waals surface area contributed by atoms with Crippen LogP contribution in [0.2, 0.25) is 0 Å². The number of amides is 1. The lowest BCUT2D eigenvalue weighted by Crippen LogP contribution is -2.49. The summed E-state index contributed by atoms with van der Waals surface area (Å²) in [4.78, 5) is 38.8. The molecule has 0 radical (unpaired) electrons. The minimum atomic E-state index is -0.243. The van der Waals surface area contributed by atoms with Crippen molar-refractivity contribution in [3.05, 3.63) is 56.7 Å². The van der Waals surface area contributed by atoms with Crippen LogP contribution in [0, 0.1) is 5.82 Å². The number of thioether (sulfide) groups is 1. The number of hydrogen-bond donors (Lipinski definition) is 1. The zero-order valence-electron chi connectivity index (χ0n) is 17.0. The number of aromatic nitrogens is 2. The molecule has 31 heavy (non-hydrogen) atoms. The number of fused-ring (bicyclic) bond motifs is 3. The van der Waals surface area contributed by atoms with Gasteiger partial charge in [-0.25, -0.2) is 9.37 Å². The van der Waals surface area contributed by atoms with E-state index in [1.807, 2.05) is 4.90 Å². The van der Waals surface area contributed by atoms with Gasteiger partial charge in [0, 0.05) is 36.7 Å². The third kappa shape index (κ3) is 4.21. The molecule has 0 atom stereocenters. The van der Waals surface area contributed by atoms with Gasteiger partial charge in [0.25, 0.3) is 5.56 Å². The lowest BCUT2D eigenvalue weighted by atomic mass is 10.2. The van der Waals surface area contributed by atoms with E-state index in [9.17, 15) is 14.0 Å². The SMILES string of the molecule is O=C(CSCc1nc2sc3c(c2c(=O)[nH]1)CCC3)N1CCN(c2ccc(F)cc2)CC1. The first-order chi connectivity index (χ1) is 15.1. The summed E-state index contributed by atoms with van der Waals surface area (Å²) in [6, 6.07) is 6.47. The second kappa shape index (κ2) is 8.63. The number of H-pyrrole nitrogens is 1. The quantitative estimate of drug-likeness (QED) is 0.636. The highest BCUT2D eigenvalue weighted by Crippen LogP contribution is 2.34. The molecule has 0 unspecified atom stereocenters. The third-order valence-electron chi connectivity index (χ3n) is 5.91. The molecule has 2 aromatic heterocycles. The van der Waals surface area contributed by atoms with E-state index in [-0.39, 0.29) is 17.3 Å². The van der Waals surface area contributed by atoms with Crippen LogP contribution in [0.4, 0.5) is 10.1 Å². The number of nitrogens with zero attached hydrogens (tertiary/aromatic N) is 3. The van der Waals surface area contributed by atoms with Gasteiger partial charge in [0.1, 0.15) is 16.5 Å². The maximum absolute atomic E-state index is 13.1. The molecule has 5 rings (SSSR count). The first kappa shape index (κ1) is 20.5. The average molecular weight is 459 g/mol. The highest BCUT2D eigenvalue weighted by atomic mass is 32.2. The smallest absolute Gasteiger partial charge is 0.259 e. The normalized spacial score (nSPS) is 16.2. The summed E-state index contributed by atoms with van der Waals surface area (Å²) in [5.74, 6) is 1.36. The van der Waals surface area contributed by atoms with Crippen LogP contribution in [0.5, 0.6) is 0 Å². The molecule has 1 N–H and O–H groups in total. The molecule has 0 spiro atoms. The molecular formula is C22H23FN4O2S2. The number of carbonyl (C=O) groups excluding carboxylic acids is 1. The monoisotopic (exact) mass is 458 g/mol. The standard InChI is InChI=1S/C22H23FN4O2S2/c23-14-4-6-15(7-5-14)26-8-10-27(11-9-26)19(28)13-30-12-18-24-21(29)20-16-2-1-3-17(16)31-22(20)25-18/h4-7H,1-3,8-13H2,(H,24,25,29). The minimum Gasteiger partial charge on any atom is -0.368 e. The average Bonchev–Trinajstić information content (AvgIpc) is 3.35. The van der Waals surface area contributed by atoms with Gasteiger partial charge in [0.2, 0.25) is 5.91 Å². The molecule has 1 amide bonds. The summed E-state index contributed by atoms with van der Waals surface area (Å²) in [7, 11) is 0. The van der Waals surface area contributed by atoms with E-state index in [0.29, 0.717) is 30.4 Å². The van der Waals surface area contributed by atoms with E-state index >= 15 is 0 Å². The zero-order valence-corrected chi connectivity index (χ0v) is 18.7. The summed E-state index contributed by atoms with van der Waals surface area (Å²) in [6.07, 6.45) is 3.13. The number of thiophene rings is 1. The first-order valence-electron chi connectivity index (χ1n) is 10.5. The Kier molecular flexibility index (Phi) is 5.71. The van der Waals surface area contributed by atoms with Gasteiger partial charge < -0.3 is 14.8 Å². The van der Waals surface area contributed by atoms with Gasteiger partial charge in [-0.05, 0) is 49.1 Å². The number of aromatic amines is 1. The van der Waals surface area contributed by atoms with Crippen molar-refractivity contribution in [3.8, 4) is 0 Å². The number of nitrogens with one attached hydrogen (secondary N) is 1. The molecule has 9 heteroatoms. The van der Waals surface area contributed by atoms with Gasteiger partial charge in [-0.2, -0.15) is 0 Å². The van der Waals surface area contributed by atoms with Crippen molar-refractivity contribution in [2.45, 2.75) is 25.0 Å². The van der Waals surface area contributed by atoms with E-state index in [0.717, 1.165) is 48.3 Å². The first-order valence-corrected chi connectivity index (χ1v) is 12.4.